The molecule has 5 nitrogen and oxygen atoms in total. The number of rotatable bonds is 7. The Balaban J connectivity index is 1.96. The lowest BCUT2D eigenvalue weighted by Gasteiger charge is -2.35. The molecule has 0 bridgehead atoms. The van der Waals surface area contributed by atoms with Crippen molar-refractivity contribution in [3.63, 3.8) is 0 Å². The Morgan fingerprint density at radius 1 is 0.973 bits per heavy atom. The predicted molar refractivity (Wildman–Crippen MR) is 126 cm³/mol. The van der Waals surface area contributed by atoms with Crippen LogP contribution in [0.5, 0.6) is 0 Å². The summed E-state index contributed by atoms with van der Waals surface area (Å²) in [7, 11) is -2.73. The van der Waals surface area contributed by atoms with Gasteiger partial charge >= 0.3 is 12.4 Å². The van der Waals surface area contributed by atoms with E-state index in [0.717, 1.165) is 25.3 Å². The van der Waals surface area contributed by atoms with Gasteiger partial charge in [-0.25, -0.2) is 8.42 Å². The number of thiol groups is 1. The SMILES string of the molecule is CC(c1ccc(CC(=O)Nc2ccc(C3CCCCC3)cc2C(O)(C(F)(F)F)C(F)(F)F)cc1)[SH](=O)=O. The van der Waals surface area contributed by atoms with Crippen LogP contribution in [0.4, 0.5) is 32.0 Å². The molecule has 0 heterocycles. The third-order valence-corrected chi connectivity index (χ3v) is 7.68. The quantitative estimate of drug-likeness (QED) is 0.296. The molecule has 1 fully saturated rings. The number of hydrogen-bond acceptors (Lipinski definition) is 4. The molecule has 12 heteroatoms. The molecule has 37 heavy (non-hydrogen) atoms. The Hall–Kier alpha value is -2.60. The molecule has 1 atom stereocenters. The number of anilines is 1. The van der Waals surface area contributed by atoms with Crippen LogP contribution in [0.1, 0.15) is 72.4 Å². The van der Waals surface area contributed by atoms with Crippen LogP contribution in [-0.2, 0) is 27.5 Å². The number of hydrogen-bond donors (Lipinski definition) is 3. The molecule has 2 aromatic rings. The van der Waals surface area contributed by atoms with E-state index in [9.17, 15) is 44.7 Å². The normalized spacial score (nSPS) is 16.6. The van der Waals surface area contributed by atoms with Crippen LogP contribution in [-0.4, -0.2) is 31.8 Å². The van der Waals surface area contributed by atoms with E-state index < -0.39 is 57.5 Å². The van der Waals surface area contributed by atoms with Crippen LogP contribution in [0.2, 0.25) is 0 Å². The Labute approximate surface area is 211 Å². The number of carbonyl (C=O) groups excluding carboxylic acids is 1. The van der Waals surface area contributed by atoms with Gasteiger partial charge in [-0.15, -0.1) is 0 Å². The van der Waals surface area contributed by atoms with Gasteiger partial charge in [0.05, 0.1) is 11.7 Å². The van der Waals surface area contributed by atoms with Crippen molar-refractivity contribution >= 4 is 22.3 Å². The minimum absolute atomic E-state index is 0.237. The molecule has 0 aromatic heterocycles. The standard InChI is InChI=1S/C25H27F6NO4S/c1-15(37(35)36)17-9-7-16(8-10-17)13-22(33)32-21-12-11-19(18-5-3-2-4-6-18)14-20(21)23(34,24(26,27)28)25(29,30)31/h7-12,14-15,18,34,37H,2-6,13H2,1H3,(H,32,33). The van der Waals surface area contributed by atoms with Crippen molar-refractivity contribution < 1.29 is 44.7 Å². The lowest BCUT2D eigenvalue weighted by Crippen LogP contribution is -2.54. The zero-order valence-electron chi connectivity index (χ0n) is 19.8. The average molecular weight is 552 g/mol. The maximum atomic E-state index is 13.8. The Kier molecular flexibility index (Phi) is 8.63. The molecule has 0 aliphatic heterocycles. The molecule has 1 unspecified atom stereocenters. The van der Waals surface area contributed by atoms with Crippen LogP contribution < -0.4 is 5.32 Å². The summed E-state index contributed by atoms with van der Waals surface area (Å²) >= 11 is 0. The number of amides is 1. The van der Waals surface area contributed by atoms with Gasteiger partial charge in [0.1, 0.15) is 10.7 Å². The van der Waals surface area contributed by atoms with Crippen molar-refractivity contribution in [3.8, 4) is 0 Å². The predicted octanol–water partition coefficient (Wildman–Crippen LogP) is 5.90. The first-order chi connectivity index (χ1) is 17.1. The highest BCUT2D eigenvalue weighted by Crippen LogP contribution is 2.52. The van der Waals surface area contributed by atoms with Crippen LogP contribution >= 0.6 is 0 Å². The fourth-order valence-corrected chi connectivity index (χ4v) is 4.96. The molecule has 0 spiro atoms. The summed E-state index contributed by atoms with van der Waals surface area (Å²) in [5, 5.41) is 11.5. The molecule has 2 aromatic carbocycles. The first-order valence-electron chi connectivity index (χ1n) is 11.7. The van der Waals surface area contributed by atoms with Crippen molar-refractivity contribution in [1.29, 1.82) is 0 Å². The van der Waals surface area contributed by atoms with Crippen molar-refractivity contribution in [2.75, 3.05) is 5.32 Å². The van der Waals surface area contributed by atoms with Crippen LogP contribution in [0.15, 0.2) is 42.5 Å². The van der Waals surface area contributed by atoms with Gasteiger partial charge in [0, 0.05) is 11.3 Å². The summed E-state index contributed by atoms with van der Waals surface area (Å²) in [4.78, 5) is 12.6. The average Bonchev–Trinajstić information content (AvgIpc) is 2.83. The van der Waals surface area contributed by atoms with Gasteiger partial charge in [0.15, 0.2) is 0 Å². The lowest BCUT2D eigenvalue weighted by atomic mass is 9.81. The van der Waals surface area contributed by atoms with Gasteiger partial charge in [-0.3, -0.25) is 4.79 Å². The Morgan fingerprint density at radius 3 is 2.05 bits per heavy atom. The Morgan fingerprint density at radius 2 is 1.54 bits per heavy atom. The molecule has 0 saturated heterocycles. The second-order valence-electron chi connectivity index (χ2n) is 9.27. The molecular formula is C25H27F6NO4S. The van der Waals surface area contributed by atoms with Gasteiger partial charge in [0.2, 0.25) is 5.91 Å². The monoisotopic (exact) mass is 551 g/mol. The van der Waals surface area contributed by atoms with E-state index >= 15 is 0 Å². The largest absolute Gasteiger partial charge is 0.430 e. The highest BCUT2D eigenvalue weighted by atomic mass is 32.2. The van der Waals surface area contributed by atoms with Crippen molar-refractivity contribution in [1.82, 2.24) is 0 Å². The summed E-state index contributed by atoms with van der Waals surface area (Å²) in [5.41, 5.74) is -6.41. The van der Waals surface area contributed by atoms with Gasteiger partial charge in [-0.2, -0.15) is 26.3 Å². The summed E-state index contributed by atoms with van der Waals surface area (Å²) in [5.74, 6) is -1.16. The van der Waals surface area contributed by atoms with E-state index in [1.807, 2.05) is 0 Å². The summed E-state index contributed by atoms with van der Waals surface area (Å²) in [6.07, 6.45) is -8.95. The van der Waals surface area contributed by atoms with Crippen LogP contribution in [0.25, 0.3) is 0 Å². The molecule has 204 valence electrons. The highest BCUT2D eigenvalue weighted by molar-refractivity contribution is 7.72. The first kappa shape index (κ1) is 29.0. The molecule has 2 N–H and O–H groups in total. The molecule has 1 saturated carbocycles. The lowest BCUT2D eigenvalue weighted by molar-refractivity contribution is -0.376. The number of halogens is 6. The number of benzene rings is 2. The fourth-order valence-electron chi connectivity index (χ4n) is 4.54. The topological polar surface area (TPSA) is 83.5 Å². The molecule has 3 rings (SSSR count). The maximum Gasteiger partial charge on any atom is 0.430 e. The zero-order chi connectivity index (χ0) is 27.6. The van der Waals surface area contributed by atoms with Crippen LogP contribution in [0.3, 0.4) is 0 Å². The van der Waals surface area contributed by atoms with Gasteiger partial charge in [-0.1, -0.05) is 49.6 Å². The molecular weight excluding hydrogens is 524 g/mol. The van der Waals surface area contributed by atoms with E-state index in [1.165, 1.54) is 37.3 Å². The summed E-state index contributed by atoms with van der Waals surface area (Å²) in [6, 6.07) is 8.87. The van der Waals surface area contributed by atoms with Crippen molar-refractivity contribution in [3.05, 3.63) is 64.7 Å². The van der Waals surface area contributed by atoms with Crippen molar-refractivity contribution in [2.45, 2.75) is 74.6 Å². The second kappa shape index (κ2) is 11.0. The number of alkyl halides is 6. The maximum absolute atomic E-state index is 13.8. The smallest absolute Gasteiger partial charge is 0.369 e. The highest BCUT2D eigenvalue weighted by Gasteiger charge is 2.72. The van der Waals surface area contributed by atoms with Gasteiger partial charge in [-0.05, 0) is 54.5 Å². The third kappa shape index (κ3) is 6.28. The molecule has 1 aliphatic carbocycles. The number of aliphatic hydroxyl groups is 1. The van der Waals surface area contributed by atoms with Crippen LogP contribution in [0, 0.1) is 0 Å². The minimum Gasteiger partial charge on any atom is -0.369 e. The number of carbonyl (C=O) groups is 1. The second-order valence-corrected chi connectivity index (χ2v) is 10.6. The summed E-state index contributed by atoms with van der Waals surface area (Å²) < 4.78 is 105. The van der Waals surface area contributed by atoms with E-state index in [1.54, 1.807) is 0 Å². The minimum atomic E-state index is -6.11. The molecule has 0 radical (unpaired) electrons. The molecule has 1 aliphatic rings. The third-order valence-electron chi connectivity index (χ3n) is 6.75. The first-order valence-corrected chi connectivity index (χ1v) is 12.9. The Bertz CT molecular complexity index is 1160. The molecule has 1 amide bonds. The van der Waals surface area contributed by atoms with Crippen molar-refractivity contribution in [2.24, 2.45) is 0 Å². The van der Waals surface area contributed by atoms with E-state index in [0.29, 0.717) is 30.0 Å². The van der Waals surface area contributed by atoms with E-state index in [2.05, 4.69) is 5.32 Å². The van der Waals surface area contributed by atoms with E-state index in [4.69, 9.17) is 0 Å². The van der Waals surface area contributed by atoms with Gasteiger partial charge < -0.3 is 10.4 Å². The van der Waals surface area contributed by atoms with Gasteiger partial charge in [0.25, 0.3) is 5.60 Å². The number of nitrogens with one attached hydrogen (secondary N) is 1. The fraction of sp³-hybridized carbons (Fsp3) is 0.480. The zero-order valence-corrected chi connectivity index (χ0v) is 20.7. The van der Waals surface area contributed by atoms with E-state index in [-0.39, 0.29) is 11.5 Å². The summed E-state index contributed by atoms with van der Waals surface area (Å²) in [6.45, 7) is 1.47.